The lowest BCUT2D eigenvalue weighted by Crippen LogP contribution is -2.18. The van der Waals surface area contributed by atoms with Crippen molar-refractivity contribution in [2.75, 3.05) is 0 Å². The predicted octanol–water partition coefficient (Wildman–Crippen LogP) is 2.98. The Balaban J connectivity index is 2.04. The molecule has 2 rings (SSSR count). The largest absolute Gasteiger partial charge is 0.388 e. The summed E-state index contributed by atoms with van der Waals surface area (Å²) in [5.74, 6) is -0.495. The van der Waals surface area contributed by atoms with E-state index in [0.717, 1.165) is 16.7 Å². The molecule has 0 heterocycles. The molecule has 0 spiro atoms. The van der Waals surface area contributed by atoms with Crippen LogP contribution in [0.1, 0.15) is 30.1 Å². The molecule has 1 amide bonds. The summed E-state index contributed by atoms with van der Waals surface area (Å²) in [5, 5.41) is 18.4. The van der Waals surface area contributed by atoms with Crippen molar-refractivity contribution >= 4 is 5.91 Å². The zero-order chi connectivity index (χ0) is 15.2. The predicted molar refractivity (Wildman–Crippen MR) is 80.7 cm³/mol. The van der Waals surface area contributed by atoms with Crippen LogP contribution < -0.4 is 5.48 Å². The number of benzene rings is 2. The SMILES string of the molecule is Cc1ccc(-c2ccc([C@H](O)CCC(=O)NO)cc2)cc1. The molecule has 0 aliphatic heterocycles. The van der Waals surface area contributed by atoms with Crippen LogP contribution >= 0.6 is 0 Å². The van der Waals surface area contributed by atoms with Crippen LogP contribution in [-0.4, -0.2) is 16.2 Å². The van der Waals surface area contributed by atoms with Gasteiger partial charge in [-0.05, 0) is 30.0 Å². The molecule has 21 heavy (non-hydrogen) atoms. The highest BCUT2D eigenvalue weighted by atomic mass is 16.5. The van der Waals surface area contributed by atoms with Gasteiger partial charge < -0.3 is 5.11 Å². The maximum atomic E-state index is 10.9. The molecule has 0 bridgehead atoms. The maximum Gasteiger partial charge on any atom is 0.243 e. The molecule has 0 radical (unpaired) electrons. The number of aryl methyl sites for hydroxylation is 1. The first-order valence-electron chi connectivity index (χ1n) is 6.88. The summed E-state index contributed by atoms with van der Waals surface area (Å²) < 4.78 is 0. The van der Waals surface area contributed by atoms with Crippen LogP contribution in [0.15, 0.2) is 48.5 Å². The molecule has 4 heteroatoms. The lowest BCUT2D eigenvalue weighted by Gasteiger charge is -2.11. The summed E-state index contributed by atoms with van der Waals surface area (Å²) in [7, 11) is 0. The van der Waals surface area contributed by atoms with E-state index in [1.54, 1.807) is 5.48 Å². The molecule has 110 valence electrons. The van der Waals surface area contributed by atoms with Crippen molar-refractivity contribution in [2.24, 2.45) is 0 Å². The quantitative estimate of drug-likeness (QED) is 0.584. The van der Waals surface area contributed by atoms with Crippen LogP contribution in [0.5, 0.6) is 0 Å². The third kappa shape index (κ3) is 4.15. The summed E-state index contributed by atoms with van der Waals surface area (Å²) in [6, 6.07) is 15.9. The van der Waals surface area contributed by atoms with Crippen LogP contribution in [0.2, 0.25) is 0 Å². The summed E-state index contributed by atoms with van der Waals surface area (Å²) in [5.41, 5.74) is 5.74. The molecule has 0 fully saturated rings. The Morgan fingerprint density at radius 2 is 1.57 bits per heavy atom. The van der Waals surface area contributed by atoms with Gasteiger partial charge >= 0.3 is 0 Å². The van der Waals surface area contributed by atoms with Gasteiger partial charge in [-0.25, -0.2) is 5.48 Å². The highest BCUT2D eigenvalue weighted by molar-refractivity contribution is 5.74. The molecule has 0 aliphatic rings. The van der Waals surface area contributed by atoms with Gasteiger partial charge in [0, 0.05) is 6.42 Å². The molecule has 4 nitrogen and oxygen atoms in total. The average Bonchev–Trinajstić information content (AvgIpc) is 2.53. The van der Waals surface area contributed by atoms with Gasteiger partial charge in [0.2, 0.25) is 5.91 Å². The Hall–Kier alpha value is -2.17. The molecule has 0 aromatic heterocycles. The van der Waals surface area contributed by atoms with E-state index in [-0.39, 0.29) is 12.8 Å². The molecule has 0 saturated heterocycles. The molecule has 0 saturated carbocycles. The smallest absolute Gasteiger partial charge is 0.243 e. The average molecular weight is 285 g/mol. The fourth-order valence-corrected chi connectivity index (χ4v) is 2.13. The Morgan fingerprint density at radius 3 is 2.10 bits per heavy atom. The normalized spacial score (nSPS) is 12.0. The van der Waals surface area contributed by atoms with E-state index in [1.165, 1.54) is 5.56 Å². The zero-order valence-corrected chi connectivity index (χ0v) is 11.9. The second-order valence-corrected chi connectivity index (χ2v) is 5.08. The second-order valence-electron chi connectivity index (χ2n) is 5.08. The highest BCUT2D eigenvalue weighted by Gasteiger charge is 2.10. The first-order chi connectivity index (χ1) is 10.1. The van der Waals surface area contributed by atoms with Crippen LogP contribution in [0.4, 0.5) is 0 Å². The third-order valence-electron chi connectivity index (χ3n) is 3.45. The van der Waals surface area contributed by atoms with Crippen molar-refractivity contribution < 1.29 is 15.1 Å². The molecule has 2 aromatic carbocycles. The van der Waals surface area contributed by atoms with Crippen LogP contribution in [0.25, 0.3) is 11.1 Å². The van der Waals surface area contributed by atoms with Crippen LogP contribution in [-0.2, 0) is 4.79 Å². The van der Waals surface area contributed by atoms with Gasteiger partial charge in [0.1, 0.15) is 0 Å². The van der Waals surface area contributed by atoms with Gasteiger partial charge in [0.15, 0.2) is 0 Å². The Morgan fingerprint density at radius 1 is 1.05 bits per heavy atom. The van der Waals surface area contributed by atoms with E-state index < -0.39 is 12.0 Å². The maximum absolute atomic E-state index is 10.9. The fourth-order valence-electron chi connectivity index (χ4n) is 2.13. The van der Waals surface area contributed by atoms with Crippen molar-refractivity contribution in [3.63, 3.8) is 0 Å². The number of nitrogens with one attached hydrogen (secondary N) is 1. The second kappa shape index (κ2) is 7.02. The zero-order valence-electron chi connectivity index (χ0n) is 11.9. The fraction of sp³-hybridized carbons (Fsp3) is 0.235. The summed E-state index contributed by atoms with van der Waals surface area (Å²) in [4.78, 5) is 10.9. The van der Waals surface area contributed by atoms with E-state index in [4.69, 9.17) is 5.21 Å². The molecular formula is C17H19NO3. The van der Waals surface area contributed by atoms with Crippen molar-refractivity contribution in [2.45, 2.75) is 25.9 Å². The Kier molecular flexibility index (Phi) is 5.09. The van der Waals surface area contributed by atoms with Crippen molar-refractivity contribution in [1.82, 2.24) is 5.48 Å². The van der Waals surface area contributed by atoms with Gasteiger partial charge in [-0.3, -0.25) is 10.0 Å². The standard InChI is InChI=1S/C17H19NO3/c1-12-2-4-13(5-3-12)14-6-8-15(9-7-14)16(19)10-11-17(20)18-21/h2-9,16,19,21H,10-11H2,1H3,(H,18,20)/t16-/m1/s1. The summed E-state index contributed by atoms with van der Waals surface area (Å²) in [6.45, 7) is 2.05. The lowest BCUT2D eigenvalue weighted by atomic mass is 9.99. The molecular weight excluding hydrogens is 266 g/mol. The number of amides is 1. The van der Waals surface area contributed by atoms with Gasteiger partial charge in [0.05, 0.1) is 6.10 Å². The van der Waals surface area contributed by atoms with Gasteiger partial charge in [0.25, 0.3) is 0 Å². The number of aliphatic hydroxyl groups excluding tert-OH is 1. The summed E-state index contributed by atoms with van der Waals surface area (Å²) >= 11 is 0. The van der Waals surface area contributed by atoms with Crippen molar-refractivity contribution in [1.29, 1.82) is 0 Å². The lowest BCUT2D eigenvalue weighted by molar-refractivity contribution is -0.129. The number of rotatable bonds is 5. The Labute approximate surface area is 124 Å². The third-order valence-corrected chi connectivity index (χ3v) is 3.45. The highest BCUT2D eigenvalue weighted by Crippen LogP contribution is 2.24. The minimum Gasteiger partial charge on any atom is -0.388 e. The number of hydrogen-bond acceptors (Lipinski definition) is 3. The molecule has 0 aliphatic carbocycles. The van der Waals surface area contributed by atoms with Gasteiger partial charge in [-0.15, -0.1) is 0 Å². The van der Waals surface area contributed by atoms with E-state index >= 15 is 0 Å². The minimum atomic E-state index is -0.714. The number of carbonyl (C=O) groups is 1. The van der Waals surface area contributed by atoms with E-state index in [2.05, 4.69) is 24.3 Å². The topological polar surface area (TPSA) is 69.6 Å². The molecule has 1 atom stereocenters. The number of carbonyl (C=O) groups excluding carboxylic acids is 1. The number of aliphatic hydroxyl groups is 1. The van der Waals surface area contributed by atoms with Gasteiger partial charge in [-0.1, -0.05) is 54.1 Å². The van der Waals surface area contributed by atoms with Crippen molar-refractivity contribution in [3.8, 4) is 11.1 Å². The van der Waals surface area contributed by atoms with Crippen molar-refractivity contribution in [3.05, 3.63) is 59.7 Å². The Bertz CT molecular complexity index is 590. The molecule has 2 aromatic rings. The van der Waals surface area contributed by atoms with E-state index in [9.17, 15) is 9.90 Å². The first-order valence-corrected chi connectivity index (χ1v) is 6.88. The van der Waals surface area contributed by atoms with Crippen LogP contribution in [0.3, 0.4) is 0 Å². The number of hydrogen-bond donors (Lipinski definition) is 3. The molecule has 3 N–H and O–H groups in total. The van der Waals surface area contributed by atoms with E-state index in [0.29, 0.717) is 0 Å². The minimum absolute atomic E-state index is 0.0807. The number of hydroxylamine groups is 1. The van der Waals surface area contributed by atoms with Gasteiger partial charge in [-0.2, -0.15) is 0 Å². The van der Waals surface area contributed by atoms with E-state index in [1.807, 2.05) is 31.2 Å². The van der Waals surface area contributed by atoms with Crippen LogP contribution in [0, 0.1) is 6.92 Å². The molecule has 0 unspecified atom stereocenters. The monoisotopic (exact) mass is 285 g/mol. The first kappa shape index (κ1) is 15.2. The summed E-state index contributed by atoms with van der Waals surface area (Å²) in [6.07, 6.45) is -0.359.